The number of aliphatic hydroxyl groups excluding tert-OH is 2. The number of hydrogen-bond donors (Lipinski definition) is 2. The summed E-state index contributed by atoms with van der Waals surface area (Å²) in [6.07, 6.45) is 12.7. The maximum absolute atomic E-state index is 9.54. The average Bonchev–Trinajstić information content (AvgIpc) is 2.30. The minimum Gasteiger partial charge on any atom is -0.396 e. The van der Waals surface area contributed by atoms with Crippen LogP contribution in [-0.2, 0) is 0 Å². The number of hydrogen-bond acceptors (Lipinski definition) is 2. The molecule has 16 heavy (non-hydrogen) atoms. The molecule has 0 amide bonds. The molecule has 0 rings (SSSR count). The van der Waals surface area contributed by atoms with Crippen LogP contribution in [0.25, 0.3) is 0 Å². The van der Waals surface area contributed by atoms with Crippen LogP contribution in [0.5, 0.6) is 0 Å². The van der Waals surface area contributed by atoms with E-state index in [1.54, 1.807) is 0 Å². The van der Waals surface area contributed by atoms with E-state index in [-0.39, 0.29) is 12.7 Å². The van der Waals surface area contributed by atoms with Gasteiger partial charge >= 0.3 is 0 Å². The number of aliphatic hydroxyl groups is 2. The van der Waals surface area contributed by atoms with E-state index in [1.165, 1.54) is 44.9 Å². The van der Waals surface area contributed by atoms with Crippen molar-refractivity contribution in [3.63, 3.8) is 0 Å². The lowest BCUT2D eigenvalue weighted by Gasteiger charge is -2.08. The molecule has 2 heteroatoms. The lowest BCUT2D eigenvalue weighted by Crippen LogP contribution is -2.06. The normalized spacial score (nSPS) is 12.9. The summed E-state index contributed by atoms with van der Waals surface area (Å²) in [5.74, 6) is 0. The molecule has 0 aliphatic rings. The Morgan fingerprint density at radius 2 is 1.25 bits per heavy atom. The maximum Gasteiger partial charge on any atom is 0.0541 e. The molecule has 0 fully saturated rings. The summed E-state index contributed by atoms with van der Waals surface area (Å²) in [6.45, 7) is 2.45. The molecule has 0 radical (unpaired) electrons. The van der Waals surface area contributed by atoms with Crippen LogP contribution in [0.4, 0.5) is 0 Å². The second-order valence-corrected chi connectivity index (χ2v) is 4.78. The Hall–Kier alpha value is -0.0800. The first kappa shape index (κ1) is 15.9. The molecule has 1 unspecified atom stereocenters. The summed E-state index contributed by atoms with van der Waals surface area (Å²) in [4.78, 5) is 0. The van der Waals surface area contributed by atoms with Crippen molar-refractivity contribution in [2.45, 2.75) is 83.7 Å². The van der Waals surface area contributed by atoms with E-state index in [2.05, 4.69) is 6.92 Å². The quantitative estimate of drug-likeness (QED) is 0.502. The third-order valence-corrected chi connectivity index (χ3v) is 3.09. The van der Waals surface area contributed by atoms with Crippen LogP contribution < -0.4 is 0 Å². The van der Waals surface area contributed by atoms with Crippen LogP contribution in [0.15, 0.2) is 0 Å². The highest BCUT2D eigenvalue weighted by molar-refractivity contribution is 4.56. The first-order chi connectivity index (χ1) is 7.81. The highest BCUT2D eigenvalue weighted by Crippen LogP contribution is 2.12. The maximum atomic E-state index is 9.54. The van der Waals surface area contributed by atoms with Crippen LogP contribution in [0.1, 0.15) is 77.6 Å². The Labute approximate surface area is 101 Å². The predicted molar refractivity (Wildman–Crippen MR) is 69.6 cm³/mol. The minimum atomic E-state index is -0.188. The Morgan fingerprint density at radius 1 is 0.750 bits per heavy atom. The lowest BCUT2D eigenvalue weighted by atomic mass is 10.0. The van der Waals surface area contributed by atoms with Crippen molar-refractivity contribution >= 4 is 0 Å². The van der Waals surface area contributed by atoms with Crippen molar-refractivity contribution in [2.75, 3.05) is 6.61 Å². The van der Waals surface area contributed by atoms with Gasteiger partial charge in [-0.05, 0) is 19.3 Å². The Kier molecular flexibility index (Phi) is 12.9. The molecule has 1 atom stereocenters. The van der Waals surface area contributed by atoms with E-state index in [9.17, 15) is 5.11 Å². The molecule has 0 spiro atoms. The summed E-state index contributed by atoms with van der Waals surface area (Å²) in [7, 11) is 0. The van der Waals surface area contributed by atoms with Crippen molar-refractivity contribution in [1.82, 2.24) is 0 Å². The van der Waals surface area contributed by atoms with Crippen molar-refractivity contribution < 1.29 is 10.2 Å². The molecule has 0 bridgehead atoms. The molecule has 0 aromatic carbocycles. The Balaban J connectivity index is 3.02. The van der Waals surface area contributed by atoms with Crippen LogP contribution in [-0.4, -0.2) is 22.9 Å². The van der Waals surface area contributed by atoms with Gasteiger partial charge in [0.15, 0.2) is 0 Å². The first-order valence-electron chi connectivity index (χ1n) is 7.10. The predicted octanol–water partition coefficient (Wildman–Crippen LogP) is 3.65. The number of rotatable bonds is 12. The van der Waals surface area contributed by atoms with Gasteiger partial charge in [0.1, 0.15) is 0 Å². The van der Waals surface area contributed by atoms with Crippen molar-refractivity contribution in [1.29, 1.82) is 0 Å². The van der Waals surface area contributed by atoms with Crippen LogP contribution in [0.3, 0.4) is 0 Å². The average molecular weight is 230 g/mol. The van der Waals surface area contributed by atoms with Gasteiger partial charge in [-0.25, -0.2) is 0 Å². The smallest absolute Gasteiger partial charge is 0.0541 e. The Bertz CT molecular complexity index is 126. The molecule has 0 aliphatic heterocycles. The molecule has 0 aromatic heterocycles. The van der Waals surface area contributed by atoms with E-state index in [0.717, 1.165) is 25.7 Å². The molecule has 0 saturated carbocycles. The van der Waals surface area contributed by atoms with E-state index in [0.29, 0.717) is 0 Å². The SMILES string of the molecule is CCCCCCCCCCC(O)CCCO. The van der Waals surface area contributed by atoms with Gasteiger partial charge < -0.3 is 10.2 Å². The van der Waals surface area contributed by atoms with Crippen molar-refractivity contribution in [3.8, 4) is 0 Å². The largest absolute Gasteiger partial charge is 0.396 e. The molecule has 0 aliphatic carbocycles. The molecule has 0 saturated heterocycles. The molecule has 0 heterocycles. The standard InChI is InChI=1S/C14H30O2/c1-2-3-4-5-6-7-8-9-11-14(16)12-10-13-15/h14-16H,2-13H2,1H3. The van der Waals surface area contributed by atoms with Gasteiger partial charge in [-0.2, -0.15) is 0 Å². The number of unbranched alkanes of at least 4 members (excludes halogenated alkanes) is 7. The molecule has 2 nitrogen and oxygen atoms in total. The van der Waals surface area contributed by atoms with Crippen molar-refractivity contribution in [2.24, 2.45) is 0 Å². The van der Waals surface area contributed by atoms with Crippen LogP contribution >= 0.6 is 0 Å². The van der Waals surface area contributed by atoms with Crippen molar-refractivity contribution in [3.05, 3.63) is 0 Å². The van der Waals surface area contributed by atoms with Gasteiger partial charge in [0, 0.05) is 6.61 Å². The zero-order valence-electron chi connectivity index (χ0n) is 11.0. The summed E-state index contributed by atoms with van der Waals surface area (Å²) >= 11 is 0. The van der Waals surface area contributed by atoms with Gasteiger partial charge in [-0.3, -0.25) is 0 Å². The van der Waals surface area contributed by atoms with Gasteiger partial charge in [0.05, 0.1) is 6.10 Å². The minimum absolute atomic E-state index is 0.188. The zero-order valence-corrected chi connectivity index (χ0v) is 11.0. The summed E-state index contributed by atoms with van der Waals surface area (Å²) in [5.41, 5.74) is 0. The monoisotopic (exact) mass is 230 g/mol. The van der Waals surface area contributed by atoms with Gasteiger partial charge in [0.2, 0.25) is 0 Å². The molecule has 98 valence electrons. The van der Waals surface area contributed by atoms with Gasteiger partial charge in [0.25, 0.3) is 0 Å². The third-order valence-electron chi connectivity index (χ3n) is 3.09. The van der Waals surface area contributed by atoms with Crippen LogP contribution in [0, 0.1) is 0 Å². The molecule has 2 N–H and O–H groups in total. The van der Waals surface area contributed by atoms with Crippen LogP contribution in [0.2, 0.25) is 0 Å². The van der Waals surface area contributed by atoms with Gasteiger partial charge in [-0.1, -0.05) is 58.3 Å². The van der Waals surface area contributed by atoms with E-state index >= 15 is 0 Å². The fourth-order valence-electron chi connectivity index (χ4n) is 1.99. The summed E-state index contributed by atoms with van der Waals surface area (Å²) in [6, 6.07) is 0. The van der Waals surface area contributed by atoms with E-state index < -0.39 is 0 Å². The third kappa shape index (κ3) is 12.0. The molecule has 0 aromatic rings. The first-order valence-corrected chi connectivity index (χ1v) is 7.10. The zero-order chi connectivity index (χ0) is 12.1. The topological polar surface area (TPSA) is 40.5 Å². The second kappa shape index (κ2) is 13.0. The molecular formula is C14H30O2. The fraction of sp³-hybridized carbons (Fsp3) is 1.00. The van der Waals surface area contributed by atoms with E-state index in [1.807, 2.05) is 0 Å². The molecular weight excluding hydrogens is 200 g/mol. The fourth-order valence-corrected chi connectivity index (χ4v) is 1.99. The highest BCUT2D eigenvalue weighted by Gasteiger charge is 2.02. The van der Waals surface area contributed by atoms with Gasteiger partial charge in [-0.15, -0.1) is 0 Å². The summed E-state index contributed by atoms with van der Waals surface area (Å²) in [5, 5.41) is 18.2. The highest BCUT2D eigenvalue weighted by atomic mass is 16.3. The summed E-state index contributed by atoms with van der Waals surface area (Å²) < 4.78 is 0. The second-order valence-electron chi connectivity index (χ2n) is 4.78. The van der Waals surface area contributed by atoms with E-state index in [4.69, 9.17) is 5.11 Å². The Morgan fingerprint density at radius 3 is 1.81 bits per heavy atom. The lowest BCUT2D eigenvalue weighted by molar-refractivity contribution is 0.137.